The van der Waals surface area contributed by atoms with Crippen LogP contribution >= 0.6 is 0 Å². The Morgan fingerprint density at radius 2 is 2.14 bits per heavy atom. The molecule has 7 nitrogen and oxygen atoms in total. The van der Waals surface area contributed by atoms with E-state index < -0.39 is 11.1 Å². The molecule has 0 saturated heterocycles. The van der Waals surface area contributed by atoms with E-state index in [9.17, 15) is 14.4 Å². The molecule has 1 aromatic carbocycles. The van der Waals surface area contributed by atoms with Gasteiger partial charge in [-0.15, -0.1) is 0 Å². The van der Waals surface area contributed by atoms with E-state index in [2.05, 4.69) is 10.3 Å². The highest BCUT2D eigenvalue weighted by Crippen LogP contribution is 2.11. The van der Waals surface area contributed by atoms with Crippen molar-refractivity contribution in [3.8, 4) is 0 Å². The van der Waals surface area contributed by atoms with E-state index in [1.54, 1.807) is 19.1 Å². The van der Waals surface area contributed by atoms with Crippen molar-refractivity contribution in [3.63, 3.8) is 0 Å². The summed E-state index contributed by atoms with van der Waals surface area (Å²) in [5.41, 5.74) is 0.0926. The molecular weight excluding hydrogens is 274 g/mol. The Kier molecular flexibility index (Phi) is 4.54. The van der Waals surface area contributed by atoms with Gasteiger partial charge in [-0.2, -0.15) is 0 Å². The Morgan fingerprint density at radius 3 is 2.81 bits per heavy atom. The Balaban J connectivity index is 2.43. The fourth-order valence-corrected chi connectivity index (χ4v) is 2.12. The highest BCUT2D eigenvalue weighted by Gasteiger charge is 2.10. The summed E-state index contributed by atoms with van der Waals surface area (Å²) in [5, 5.41) is 11.3. The minimum Gasteiger partial charge on any atom is -0.396 e. The molecule has 0 atom stereocenters. The van der Waals surface area contributed by atoms with Crippen molar-refractivity contribution < 1.29 is 9.90 Å². The lowest BCUT2D eigenvalue weighted by molar-refractivity contribution is 0.0951. The van der Waals surface area contributed by atoms with Gasteiger partial charge in [0, 0.05) is 25.3 Å². The molecule has 3 N–H and O–H groups in total. The summed E-state index contributed by atoms with van der Waals surface area (Å²) in [6.45, 7) is 2.53. The first kappa shape index (κ1) is 15.0. The van der Waals surface area contributed by atoms with Gasteiger partial charge in [0.05, 0.1) is 11.0 Å². The number of hydrogen-bond donors (Lipinski definition) is 3. The highest BCUT2D eigenvalue weighted by atomic mass is 16.3. The van der Waals surface area contributed by atoms with E-state index in [0.29, 0.717) is 36.1 Å². The Bertz CT molecular complexity index is 776. The Hall–Kier alpha value is -2.41. The van der Waals surface area contributed by atoms with Gasteiger partial charge < -0.3 is 20.0 Å². The molecule has 0 saturated carbocycles. The maximum absolute atomic E-state index is 11.9. The molecule has 0 aliphatic rings. The second-order valence-corrected chi connectivity index (χ2v) is 4.57. The zero-order chi connectivity index (χ0) is 15.4. The second-order valence-electron chi connectivity index (χ2n) is 4.57. The summed E-state index contributed by atoms with van der Waals surface area (Å²) >= 11 is 0. The van der Waals surface area contributed by atoms with Crippen LogP contribution in [0.25, 0.3) is 11.0 Å². The summed E-state index contributed by atoms with van der Waals surface area (Å²) in [7, 11) is 0. The van der Waals surface area contributed by atoms with Crippen LogP contribution in [0.3, 0.4) is 0 Å². The fraction of sp³-hybridized carbons (Fsp3) is 0.357. The fourth-order valence-electron chi connectivity index (χ4n) is 2.12. The van der Waals surface area contributed by atoms with Crippen LogP contribution in [-0.4, -0.2) is 33.7 Å². The van der Waals surface area contributed by atoms with Crippen molar-refractivity contribution in [1.82, 2.24) is 14.9 Å². The van der Waals surface area contributed by atoms with E-state index in [-0.39, 0.29) is 12.5 Å². The zero-order valence-corrected chi connectivity index (χ0v) is 11.7. The number of rotatable bonds is 5. The Labute approximate surface area is 120 Å². The van der Waals surface area contributed by atoms with E-state index in [0.717, 1.165) is 0 Å². The molecule has 1 amide bonds. The van der Waals surface area contributed by atoms with Gasteiger partial charge in [-0.3, -0.25) is 14.4 Å². The number of fused-ring (bicyclic) bond motifs is 1. The molecule has 0 bridgehead atoms. The van der Waals surface area contributed by atoms with Gasteiger partial charge in [0.25, 0.3) is 5.91 Å². The second kappa shape index (κ2) is 6.36. The van der Waals surface area contributed by atoms with Crippen LogP contribution in [0.4, 0.5) is 0 Å². The minimum atomic E-state index is -0.706. The SMILES string of the molecule is CCn1c(=O)c(=O)[nH]c2cc(C(=O)NCCCO)ccc21. The number of aromatic amines is 1. The number of aryl methyl sites for hydroxylation is 1. The molecule has 2 aromatic rings. The standard InChI is InChI=1S/C14H17N3O4/c1-2-17-11-5-4-9(12(19)15-6-3-7-18)8-10(11)16-13(20)14(17)21/h4-5,8,18H,2-3,6-7H2,1H3,(H,15,19)(H,16,20). The monoisotopic (exact) mass is 291 g/mol. The Morgan fingerprint density at radius 1 is 1.38 bits per heavy atom. The molecule has 0 aliphatic carbocycles. The molecule has 0 unspecified atom stereocenters. The number of nitrogens with zero attached hydrogens (tertiary/aromatic N) is 1. The molecule has 0 aliphatic heterocycles. The van der Waals surface area contributed by atoms with E-state index >= 15 is 0 Å². The van der Waals surface area contributed by atoms with E-state index in [1.165, 1.54) is 10.6 Å². The molecule has 7 heteroatoms. The minimum absolute atomic E-state index is 0.00803. The molecule has 1 aromatic heterocycles. The number of aliphatic hydroxyl groups excluding tert-OH is 1. The number of benzene rings is 1. The van der Waals surface area contributed by atoms with Crippen molar-refractivity contribution in [2.75, 3.05) is 13.2 Å². The third kappa shape index (κ3) is 3.03. The molecule has 112 valence electrons. The van der Waals surface area contributed by atoms with Crippen LogP contribution in [0.15, 0.2) is 27.8 Å². The molecule has 1 heterocycles. The van der Waals surface area contributed by atoms with E-state index in [4.69, 9.17) is 5.11 Å². The van der Waals surface area contributed by atoms with Gasteiger partial charge >= 0.3 is 11.1 Å². The lowest BCUT2D eigenvalue weighted by Crippen LogP contribution is -2.36. The molecular formula is C14H17N3O4. The largest absolute Gasteiger partial charge is 0.396 e. The third-order valence-corrected chi connectivity index (χ3v) is 3.17. The quantitative estimate of drug-likeness (QED) is 0.525. The average molecular weight is 291 g/mol. The van der Waals surface area contributed by atoms with Gasteiger partial charge in [-0.25, -0.2) is 0 Å². The summed E-state index contributed by atoms with van der Waals surface area (Å²) in [5.74, 6) is -0.291. The zero-order valence-electron chi connectivity index (χ0n) is 11.7. The number of aromatic nitrogens is 2. The van der Waals surface area contributed by atoms with Crippen LogP contribution in [0.1, 0.15) is 23.7 Å². The normalized spacial score (nSPS) is 10.8. The predicted octanol–water partition coefficient (Wildman–Crippen LogP) is -0.178. The summed E-state index contributed by atoms with van der Waals surface area (Å²) < 4.78 is 1.36. The van der Waals surface area contributed by atoms with Crippen molar-refractivity contribution in [3.05, 3.63) is 44.5 Å². The molecule has 21 heavy (non-hydrogen) atoms. The number of nitrogens with one attached hydrogen (secondary N) is 2. The molecule has 2 rings (SSSR count). The summed E-state index contributed by atoms with van der Waals surface area (Å²) in [6, 6.07) is 4.77. The number of amides is 1. The van der Waals surface area contributed by atoms with Gasteiger partial charge in [0.1, 0.15) is 0 Å². The van der Waals surface area contributed by atoms with Crippen molar-refractivity contribution in [2.24, 2.45) is 0 Å². The first-order chi connectivity index (χ1) is 10.1. The maximum atomic E-state index is 11.9. The van der Waals surface area contributed by atoms with Crippen LogP contribution in [0.5, 0.6) is 0 Å². The average Bonchev–Trinajstić information content (AvgIpc) is 2.48. The van der Waals surface area contributed by atoms with Gasteiger partial charge in [0.15, 0.2) is 0 Å². The molecule has 0 fully saturated rings. The summed E-state index contributed by atoms with van der Waals surface area (Å²) in [6.07, 6.45) is 0.478. The first-order valence-electron chi connectivity index (χ1n) is 6.74. The van der Waals surface area contributed by atoms with Gasteiger partial charge in [0.2, 0.25) is 0 Å². The predicted molar refractivity (Wildman–Crippen MR) is 78.5 cm³/mol. The lowest BCUT2D eigenvalue weighted by atomic mass is 10.1. The summed E-state index contributed by atoms with van der Waals surface area (Å²) in [4.78, 5) is 37.7. The van der Waals surface area contributed by atoms with Gasteiger partial charge in [-0.05, 0) is 31.5 Å². The third-order valence-electron chi connectivity index (χ3n) is 3.17. The van der Waals surface area contributed by atoms with Crippen LogP contribution in [0.2, 0.25) is 0 Å². The number of carbonyl (C=O) groups excluding carboxylic acids is 1. The smallest absolute Gasteiger partial charge is 0.316 e. The van der Waals surface area contributed by atoms with Gasteiger partial charge in [-0.1, -0.05) is 0 Å². The molecule has 0 spiro atoms. The highest BCUT2D eigenvalue weighted by molar-refractivity contribution is 5.97. The number of carbonyl (C=O) groups is 1. The topological polar surface area (TPSA) is 104 Å². The maximum Gasteiger partial charge on any atom is 0.316 e. The van der Waals surface area contributed by atoms with Crippen molar-refractivity contribution in [1.29, 1.82) is 0 Å². The number of H-pyrrole nitrogens is 1. The number of hydrogen-bond acceptors (Lipinski definition) is 4. The van der Waals surface area contributed by atoms with Crippen LogP contribution in [-0.2, 0) is 6.54 Å². The van der Waals surface area contributed by atoms with Crippen LogP contribution < -0.4 is 16.4 Å². The first-order valence-corrected chi connectivity index (χ1v) is 6.74. The number of aliphatic hydroxyl groups is 1. The van der Waals surface area contributed by atoms with Crippen molar-refractivity contribution >= 4 is 16.9 Å². The molecule has 0 radical (unpaired) electrons. The van der Waals surface area contributed by atoms with Crippen molar-refractivity contribution in [2.45, 2.75) is 19.9 Å². The van der Waals surface area contributed by atoms with Crippen LogP contribution in [0, 0.1) is 0 Å². The lowest BCUT2D eigenvalue weighted by Gasteiger charge is -2.09. The van der Waals surface area contributed by atoms with E-state index in [1.807, 2.05) is 0 Å².